The van der Waals surface area contributed by atoms with Crippen LogP contribution in [0.5, 0.6) is 0 Å². The SMILES string of the molecule is CC(=O)c1ccccc1NC(=O)C[NH2+][C@@H](c1ccccc1)c1ccc(C)cc1. The first kappa shape index (κ1) is 19.5. The molecule has 1 amide bonds. The Kier molecular flexibility index (Phi) is 6.35. The van der Waals surface area contributed by atoms with E-state index >= 15 is 0 Å². The van der Waals surface area contributed by atoms with Gasteiger partial charge in [-0.05, 0) is 26.0 Å². The molecule has 0 radical (unpaired) electrons. The molecule has 4 nitrogen and oxygen atoms in total. The number of rotatable bonds is 7. The van der Waals surface area contributed by atoms with Crippen molar-refractivity contribution in [3.05, 3.63) is 101 Å². The highest BCUT2D eigenvalue weighted by molar-refractivity contribution is 6.03. The van der Waals surface area contributed by atoms with Crippen molar-refractivity contribution in [3.8, 4) is 0 Å². The fourth-order valence-electron chi connectivity index (χ4n) is 3.22. The minimum absolute atomic E-state index is 0.0237. The lowest BCUT2D eigenvalue weighted by Crippen LogP contribution is -2.87. The zero-order valence-electron chi connectivity index (χ0n) is 16.2. The van der Waals surface area contributed by atoms with Gasteiger partial charge < -0.3 is 10.6 Å². The maximum atomic E-state index is 12.6. The molecule has 4 heteroatoms. The minimum atomic E-state index is -0.137. The van der Waals surface area contributed by atoms with E-state index in [1.807, 2.05) is 29.6 Å². The Hall–Kier alpha value is -3.24. The Morgan fingerprint density at radius 2 is 1.46 bits per heavy atom. The smallest absolute Gasteiger partial charge is 0.279 e. The van der Waals surface area contributed by atoms with Gasteiger partial charge in [0.1, 0.15) is 6.04 Å². The number of hydrogen-bond acceptors (Lipinski definition) is 2. The number of nitrogens with one attached hydrogen (secondary N) is 1. The predicted molar refractivity (Wildman–Crippen MR) is 111 cm³/mol. The molecule has 0 saturated carbocycles. The second-order valence-electron chi connectivity index (χ2n) is 6.89. The van der Waals surface area contributed by atoms with Crippen LogP contribution in [0.1, 0.15) is 40.0 Å². The first-order valence-electron chi connectivity index (χ1n) is 9.39. The maximum absolute atomic E-state index is 12.6. The highest BCUT2D eigenvalue weighted by Crippen LogP contribution is 2.19. The Bertz CT molecular complexity index is 950. The molecule has 3 N–H and O–H groups in total. The van der Waals surface area contributed by atoms with Crippen LogP contribution in [-0.4, -0.2) is 18.2 Å². The van der Waals surface area contributed by atoms with E-state index < -0.39 is 0 Å². The second-order valence-corrected chi connectivity index (χ2v) is 6.89. The number of anilines is 1. The highest BCUT2D eigenvalue weighted by atomic mass is 16.2. The lowest BCUT2D eigenvalue weighted by atomic mass is 9.98. The largest absolute Gasteiger partial charge is 0.328 e. The molecule has 0 unspecified atom stereocenters. The summed E-state index contributed by atoms with van der Waals surface area (Å²) < 4.78 is 0. The van der Waals surface area contributed by atoms with Crippen molar-refractivity contribution < 1.29 is 14.9 Å². The average Bonchev–Trinajstić information content (AvgIpc) is 2.70. The molecule has 0 aliphatic heterocycles. The van der Waals surface area contributed by atoms with Crippen LogP contribution in [0.25, 0.3) is 0 Å². The Morgan fingerprint density at radius 3 is 2.14 bits per heavy atom. The van der Waals surface area contributed by atoms with Gasteiger partial charge in [-0.1, -0.05) is 72.3 Å². The summed E-state index contributed by atoms with van der Waals surface area (Å²) in [5.74, 6) is -0.205. The second kappa shape index (κ2) is 9.11. The van der Waals surface area contributed by atoms with Gasteiger partial charge >= 0.3 is 0 Å². The fourth-order valence-corrected chi connectivity index (χ4v) is 3.22. The van der Waals surface area contributed by atoms with Gasteiger partial charge in [-0.25, -0.2) is 0 Å². The van der Waals surface area contributed by atoms with Crippen molar-refractivity contribution >= 4 is 17.4 Å². The van der Waals surface area contributed by atoms with Gasteiger partial charge in [-0.3, -0.25) is 9.59 Å². The van der Waals surface area contributed by atoms with Crippen molar-refractivity contribution in [2.75, 3.05) is 11.9 Å². The molecule has 0 bridgehead atoms. The third-order valence-corrected chi connectivity index (χ3v) is 4.71. The maximum Gasteiger partial charge on any atom is 0.279 e. The number of Topliss-reactive ketones (excluding diaryl/α,β-unsaturated/α-hetero) is 1. The summed E-state index contributed by atoms with van der Waals surface area (Å²) in [7, 11) is 0. The molecule has 3 aromatic carbocycles. The Labute approximate surface area is 165 Å². The van der Waals surface area contributed by atoms with Crippen LogP contribution in [-0.2, 0) is 4.79 Å². The van der Waals surface area contributed by atoms with Crippen LogP contribution in [0.2, 0.25) is 0 Å². The predicted octanol–water partition coefficient (Wildman–Crippen LogP) is 3.49. The van der Waals surface area contributed by atoms with Gasteiger partial charge in [0.2, 0.25) is 0 Å². The van der Waals surface area contributed by atoms with E-state index in [-0.39, 0.29) is 24.3 Å². The number of quaternary nitrogens is 1. The zero-order chi connectivity index (χ0) is 19.9. The van der Waals surface area contributed by atoms with Crippen molar-refractivity contribution in [3.63, 3.8) is 0 Å². The van der Waals surface area contributed by atoms with Gasteiger partial charge in [-0.15, -0.1) is 0 Å². The average molecular weight is 373 g/mol. The lowest BCUT2D eigenvalue weighted by Gasteiger charge is -2.17. The summed E-state index contributed by atoms with van der Waals surface area (Å²) in [6.45, 7) is 3.81. The lowest BCUT2D eigenvalue weighted by molar-refractivity contribution is -0.676. The number of benzene rings is 3. The summed E-state index contributed by atoms with van der Waals surface area (Å²) in [5.41, 5.74) is 4.57. The number of carbonyl (C=O) groups is 2. The summed E-state index contributed by atoms with van der Waals surface area (Å²) in [6, 6.07) is 25.6. The molecule has 0 heterocycles. The van der Waals surface area contributed by atoms with Gasteiger partial charge in [0.05, 0.1) is 5.69 Å². The summed E-state index contributed by atoms with van der Waals surface area (Å²) in [5, 5.41) is 4.89. The quantitative estimate of drug-likeness (QED) is 0.623. The van der Waals surface area contributed by atoms with Crippen molar-refractivity contribution in [1.82, 2.24) is 0 Å². The molecular weight excluding hydrogens is 348 g/mol. The van der Waals surface area contributed by atoms with E-state index in [1.54, 1.807) is 18.2 Å². The van der Waals surface area contributed by atoms with E-state index in [0.717, 1.165) is 11.1 Å². The molecule has 3 aromatic rings. The van der Waals surface area contributed by atoms with Crippen LogP contribution >= 0.6 is 0 Å². The molecular formula is C24H25N2O2+. The molecule has 0 aliphatic rings. The van der Waals surface area contributed by atoms with Crippen molar-refractivity contribution in [2.45, 2.75) is 19.9 Å². The highest BCUT2D eigenvalue weighted by Gasteiger charge is 2.19. The van der Waals surface area contributed by atoms with Gasteiger partial charge in [-0.2, -0.15) is 0 Å². The third kappa shape index (κ3) is 4.93. The van der Waals surface area contributed by atoms with Crippen LogP contribution in [0.15, 0.2) is 78.9 Å². The fraction of sp³-hybridized carbons (Fsp3) is 0.167. The van der Waals surface area contributed by atoms with Gasteiger partial charge in [0.25, 0.3) is 5.91 Å². The number of hydrogen-bond donors (Lipinski definition) is 2. The minimum Gasteiger partial charge on any atom is -0.328 e. The van der Waals surface area contributed by atoms with E-state index in [1.165, 1.54) is 12.5 Å². The van der Waals surface area contributed by atoms with Crippen LogP contribution < -0.4 is 10.6 Å². The number of amides is 1. The number of nitrogens with two attached hydrogens (primary N) is 1. The summed E-state index contributed by atoms with van der Waals surface area (Å²) in [6.07, 6.45) is 0. The topological polar surface area (TPSA) is 62.8 Å². The number of para-hydroxylation sites is 1. The summed E-state index contributed by atoms with van der Waals surface area (Å²) >= 11 is 0. The van der Waals surface area contributed by atoms with Crippen LogP contribution in [0, 0.1) is 6.92 Å². The molecule has 0 aromatic heterocycles. The standard InChI is InChI=1S/C24H24N2O2/c1-17-12-14-20(15-13-17)24(19-8-4-3-5-9-19)25-16-23(28)26-22-11-7-6-10-21(22)18(2)27/h3-15,24-25H,16H2,1-2H3,(H,26,28)/p+1/t24-/m0/s1. The molecule has 1 atom stereocenters. The van der Waals surface area contributed by atoms with Gasteiger partial charge in [0, 0.05) is 16.7 Å². The van der Waals surface area contributed by atoms with Gasteiger partial charge in [0.15, 0.2) is 12.3 Å². The first-order chi connectivity index (χ1) is 13.5. The van der Waals surface area contributed by atoms with Crippen molar-refractivity contribution in [2.24, 2.45) is 0 Å². The molecule has 3 rings (SSSR count). The summed E-state index contributed by atoms with van der Waals surface area (Å²) in [4.78, 5) is 24.3. The van der Waals surface area contributed by atoms with E-state index in [0.29, 0.717) is 11.3 Å². The Balaban J connectivity index is 1.74. The zero-order valence-corrected chi connectivity index (χ0v) is 16.2. The van der Waals surface area contributed by atoms with E-state index in [2.05, 4.69) is 48.6 Å². The molecule has 0 spiro atoms. The van der Waals surface area contributed by atoms with Crippen LogP contribution in [0.4, 0.5) is 5.69 Å². The van der Waals surface area contributed by atoms with Crippen LogP contribution in [0.3, 0.4) is 0 Å². The number of aryl methyl sites for hydroxylation is 1. The molecule has 0 saturated heterocycles. The Morgan fingerprint density at radius 1 is 0.857 bits per heavy atom. The monoisotopic (exact) mass is 373 g/mol. The molecule has 28 heavy (non-hydrogen) atoms. The van der Waals surface area contributed by atoms with E-state index in [9.17, 15) is 9.59 Å². The van der Waals surface area contributed by atoms with E-state index in [4.69, 9.17) is 0 Å². The third-order valence-electron chi connectivity index (χ3n) is 4.71. The molecule has 142 valence electrons. The normalized spacial score (nSPS) is 11.6. The molecule has 0 aliphatic carbocycles. The first-order valence-corrected chi connectivity index (χ1v) is 9.39. The number of ketones is 1. The number of carbonyl (C=O) groups excluding carboxylic acids is 2. The van der Waals surface area contributed by atoms with Crippen molar-refractivity contribution in [1.29, 1.82) is 0 Å². The molecule has 0 fully saturated rings.